The Kier molecular flexibility index (Phi) is 3.97. The van der Waals surface area contributed by atoms with E-state index < -0.39 is 6.61 Å². The Labute approximate surface area is 140 Å². The van der Waals surface area contributed by atoms with Crippen LogP contribution >= 0.6 is 0 Å². The lowest BCUT2D eigenvalue weighted by atomic mass is 9.84. The molecule has 2 aromatic rings. The molecule has 4 heteroatoms. The molecule has 1 fully saturated rings. The lowest BCUT2D eigenvalue weighted by Gasteiger charge is -2.33. The standard InChI is InChI=1S/C20H19F2NO/c21-20(22)24-16-10-8-13(9-11-16)17-6-3-5-15-12-14-4-1-2-7-18(14)23-19(15)17/h3,5-6,8-12,18,20,23H,1-2,4,7H2. The molecule has 2 nitrogen and oxygen atoms in total. The molecule has 124 valence electrons. The second-order valence-electron chi connectivity index (χ2n) is 6.33. The highest BCUT2D eigenvalue weighted by Crippen LogP contribution is 2.40. The molecular formula is C20H19F2NO. The summed E-state index contributed by atoms with van der Waals surface area (Å²) in [4.78, 5) is 0. The van der Waals surface area contributed by atoms with Crippen LogP contribution in [0.2, 0.25) is 0 Å². The molecule has 1 aliphatic carbocycles. The molecule has 1 saturated carbocycles. The van der Waals surface area contributed by atoms with E-state index in [1.807, 2.05) is 18.2 Å². The van der Waals surface area contributed by atoms with Gasteiger partial charge in [-0.1, -0.05) is 42.8 Å². The second kappa shape index (κ2) is 6.27. The van der Waals surface area contributed by atoms with E-state index in [9.17, 15) is 8.78 Å². The van der Waals surface area contributed by atoms with Crippen LogP contribution in [-0.4, -0.2) is 12.7 Å². The zero-order valence-corrected chi connectivity index (χ0v) is 13.3. The molecule has 0 aromatic heterocycles. The van der Waals surface area contributed by atoms with E-state index in [-0.39, 0.29) is 5.75 Å². The Morgan fingerprint density at radius 2 is 1.88 bits per heavy atom. The number of fused-ring (bicyclic) bond motifs is 2. The van der Waals surface area contributed by atoms with Crippen LogP contribution in [0.15, 0.2) is 48.0 Å². The average molecular weight is 327 g/mol. The molecule has 1 aliphatic heterocycles. The van der Waals surface area contributed by atoms with Gasteiger partial charge in [-0.3, -0.25) is 0 Å². The summed E-state index contributed by atoms with van der Waals surface area (Å²) in [7, 11) is 0. The van der Waals surface area contributed by atoms with Crippen molar-refractivity contribution in [3.05, 3.63) is 53.6 Å². The summed E-state index contributed by atoms with van der Waals surface area (Å²) in [6, 6.07) is 13.5. The van der Waals surface area contributed by atoms with Gasteiger partial charge < -0.3 is 10.1 Å². The van der Waals surface area contributed by atoms with Gasteiger partial charge in [0.05, 0.1) is 0 Å². The number of nitrogens with one attached hydrogen (secondary N) is 1. The van der Waals surface area contributed by atoms with Gasteiger partial charge in [0.25, 0.3) is 0 Å². The molecule has 1 heterocycles. The first kappa shape index (κ1) is 15.2. The molecule has 0 amide bonds. The molecule has 1 atom stereocenters. The molecule has 0 saturated heterocycles. The normalized spacial score (nSPS) is 19.1. The Bertz CT molecular complexity index is 768. The zero-order valence-electron chi connectivity index (χ0n) is 13.3. The number of ether oxygens (including phenoxy) is 1. The Morgan fingerprint density at radius 3 is 2.67 bits per heavy atom. The van der Waals surface area contributed by atoms with Crippen LogP contribution in [0.4, 0.5) is 14.5 Å². The molecular weight excluding hydrogens is 308 g/mol. The van der Waals surface area contributed by atoms with E-state index in [0.717, 1.165) is 16.8 Å². The van der Waals surface area contributed by atoms with Crippen molar-refractivity contribution in [3.63, 3.8) is 0 Å². The largest absolute Gasteiger partial charge is 0.435 e. The maximum atomic E-state index is 12.3. The lowest BCUT2D eigenvalue weighted by molar-refractivity contribution is -0.0498. The summed E-state index contributed by atoms with van der Waals surface area (Å²) >= 11 is 0. The van der Waals surface area contributed by atoms with Gasteiger partial charge in [0.1, 0.15) is 5.75 Å². The van der Waals surface area contributed by atoms with Crippen molar-refractivity contribution in [2.24, 2.45) is 0 Å². The van der Waals surface area contributed by atoms with Gasteiger partial charge in [-0.2, -0.15) is 8.78 Å². The first-order valence-electron chi connectivity index (χ1n) is 8.36. The van der Waals surface area contributed by atoms with Gasteiger partial charge >= 0.3 is 6.61 Å². The maximum absolute atomic E-state index is 12.3. The van der Waals surface area contributed by atoms with Crippen LogP contribution in [0.5, 0.6) is 5.75 Å². The summed E-state index contributed by atoms with van der Waals surface area (Å²) in [5, 5.41) is 3.69. The molecule has 2 aromatic carbocycles. The molecule has 0 radical (unpaired) electrons. The van der Waals surface area contributed by atoms with Gasteiger partial charge in [0.2, 0.25) is 0 Å². The third-order valence-corrected chi connectivity index (χ3v) is 4.80. The Hall–Kier alpha value is -2.36. The predicted octanol–water partition coefficient (Wildman–Crippen LogP) is 5.71. The van der Waals surface area contributed by atoms with Crippen molar-refractivity contribution < 1.29 is 13.5 Å². The molecule has 2 aliphatic rings. The van der Waals surface area contributed by atoms with Gasteiger partial charge in [-0.15, -0.1) is 0 Å². The Balaban J connectivity index is 1.69. The van der Waals surface area contributed by atoms with E-state index >= 15 is 0 Å². The van der Waals surface area contributed by atoms with E-state index in [0.29, 0.717) is 6.04 Å². The van der Waals surface area contributed by atoms with Crippen molar-refractivity contribution >= 4 is 11.8 Å². The molecule has 4 rings (SSSR count). The number of halogens is 2. The predicted molar refractivity (Wildman–Crippen MR) is 92.4 cm³/mol. The summed E-state index contributed by atoms with van der Waals surface area (Å²) < 4.78 is 29.0. The number of anilines is 1. The first-order chi connectivity index (χ1) is 11.7. The van der Waals surface area contributed by atoms with Crippen molar-refractivity contribution in [2.75, 3.05) is 5.32 Å². The lowest BCUT2D eigenvalue weighted by Crippen LogP contribution is -2.28. The summed E-state index contributed by atoms with van der Waals surface area (Å²) in [6.07, 6.45) is 7.17. The topological polar surface area (TPSA) is 21.3 Å². The number of para-hydroxylation sites is 1. The number of hydrogen-bond acceptors (Lipinski definition) is 2. The molecule has 0 bridgehead atoms. The Morgan fingerprint density at radius 1 is 1.04 bits per heavy atom. The summed E-state index contributed by atoms with van der Waals surface area (Å²) in [5.74, 6) is 0.181. The van der Waals surface area contributed by atoms with Crippen molar-refractivity contribution in [3.8, 4) is 16.9 Å². The maximum Gasteiger partial charge on any atom is 0.387 e. The molecule has 1 N–H and O–H groups in total. The first-order valence-corrected chi connectivity index (χ1v) is 8.36. The average Bonchev–Trinajstić information content (AvgIpc) is 2.60. The van der Waals surface area contributed by atoms with Gasteiger partial charge in [-0.25, -0.2) is 0 Å². The fourth-order valence-electron chi connectivity index (χ4n) is 3.66. The van der Waals surface area contributed by atoms with Gasteiger partial charge in [0.15, 0.2) is 0 Å². The van der Waals surface area contributed by atoms with Crippen LogP contribution in [0.25, 0.3) is 17.2 Å². The van der Waals surface area contributed by atoms with Crippen LogP contribution in [-0.2, 0) is 0 Å². The second-order valence-corrected chi connectivity index (χ2v) is 6.33. The van der Waals surface area contributed by atoms with Crippen LogP contribution in [0, 0.1) is 0 Å². The third-order valence-electron chi connectivity index (χ3n) is 4.80. The highest BCUT2D eigenvalue weighted by Gasteiger charge is 2.24. The van der Waals surface area contributed by atoms with Crippen molar-refractivity contribution in [1.29, 1.82) is 0 Å². The fourth-order valence-corrected chi connectivity index (χ4v) is 3.66. The minimum atomic E-state index is -2.79. The third kappa shape index (κ3) is 2.88. The molecule has 0 spiro atoms. The zero-order chi connectivity index (χ0) is 16.5. The minimum absolute atomic E-state index is 0.181. The van der Waals surface area contributed by atoms with Crippen molar-refractivity contribution in [2.45, 2.75) is 38.3 Å². The number of rotatable bonds is 3. The SMILES string of the molecule is FC(F)Oc1ccc(-c2cccc3c2NC2CCCCC2=C3)cc1. The molecule has 1 unspecified atom stereocenters. The molecule has 24 heavy (non-hydrogen) atoms. The monoisotopic (exact) mass is 327 g/mol. The summed E-state index contributed by atoms with van der Waals surface area (Å²) in [6.45, 7) is -2.79. The van der Waals surface area contributed by atoms with Gasteiger partial charge in [-0.05, 0) is 48.1 Å². The van der Waals surface area contributed by atoms with Crippen LogP contribution < -0.4 is 10.1 Å². The quantitative estimate of drug-likeness (QED) is 0.780. The number of alkyl halides is 2. The van der Waals surface area contributed by atoms with Crippen molar-refractivity contribution in [1.82, 2.24) is 0 Å². The minimum Gasteiger partial charge on any atom is -0.435 e. The highest BCUT2D eigenvalue weighted by atomic mass is 19.3. The number of hydrogen-bond donors (Lipinski definition) is 1. The van der Waals surface area contributed by atoms with E-state index in [4.69, 9.17) is 0 Å². The fraction of sp³-hybridized carbons (Fsp3) is 0.300. The smallest absolute Gasteiger partial charge is 0.387 e. The van der Waals surface area contributed by atoms with E-state index in [2.05, 4.69) is 28.3 Å². The van der Waals surface area contributed by atoms with Crippen LogP contribution in [0.1, 0.15) is 31.2 Å². The highest BCUT2D eigenvalue weighted by molar-refractivity contribution is 5.87. The summed E-state index contributed by atoms with van der Waals surface area (Å²) in [5.41, 5.74) is 5.92. The van der Waals surface area contributed by atoms with Gasteiger partial charge in [0, 0.05) is 17.3 Å². The van der Waals surface area contributed by atoms with E-state index in [1.165, 1.54) is 36.8 Å². The van der Waals surface area contributed by atoms with E-state index in [1.54, 1.807) is 12.1 Å². The van der Waals surface area contributed by atoms with Crippen LogP contribution in [0.3, 0.4) is 0 Å². The number of benzene rings is 2.